The molecule has 3 aliphatic heterocycles. The van der Waals surface area contributed by atoms with Crippen LogP contribution in [-0.2, 0) is 19.9 Å². The van der Waals surface area contributed by atoms with Crippen LogP contribution in [0.15, 0.2) is 53.0 Å². The van der Waals surface area contributed by atoms with Crippen LogP contribution >= 0.6 is 15.9 Å². The normalized spacial score (nSPS) is 30.3. The third kappa shape index (κ3) is 2.28. The highest BCUT2D eigenvalue weighted by atomic mass is 79.9. The van der Waals surface area contributed by atoms with Crippen LogP contribution in [-0.4, -0.2) is 23.8 Å². The SMILES string of the molecule is CC(C)[C@@H]1N[C@]2(C(=O)Nc3ccccc32)[C@H]2C(=O)N(c3ccccc3Br)C(=O)[C@H]12. The summed E-state index contributed by atoms with van der Waals surface area (Å²) in [5, 5.41) is 6.34. The number of hydrogen-bond donors (Lipinski definition) is 2. The van der Waals surface area contributed by atoms with E-state index in [-0.39, 0.29) is 29.7 Å². The van der Waals surface area contributed by atoms with E-state index in [2.05, 4.69) is 26.6 Å². The number of carbonyl (C=O) groups excluding carboxylic acids is 3. The Hall–Kier alpha value is -2.51. The number of carbonyl (C=O) groups is 3. The molecule has 3 amide bonds. The lowest BCUT2D eigenvalue weighted by molar-refractivity contribution is -0.130. The summed E-state index contributed by atoms with van der Waals surface area (Å²) >= 11 is 3.46. The third-order valence-electron chi connectivity index (χ3n) is 6.37. The van der Waals surface area contributed by atoms with Crippen LogP contribution in [0.25, 0.3) is 0 Å². The van der Waals surface area contributed by atoms with Crippen molar-refractivity contribution in [3.63, 3.8) is 0 Å². The Labute approximate surface area is 176 Å². The van der Waals surface area contributed by atoms with E-state index < -0.39 is 17.4 Å². The summed E-state index contributed by atoms with van der Waals surface area (Å²) in [6.45, 7) is 4.01. The lowest BCUT2D eigenvalue weighted by Gasteiger charge is -2.30. The van der Waals surface area contributed by atoms with Gasteiger partial charge in [0.25, 0.3) is 0 Å². The van der Waals surface area contributed by atoms with Crippen LogP contribution in [0.4, 0.5) is 11.4 Å². The predicted molar refractivity (Wildman–Crippen MR) is 112 cm³/mol. The summed E-state index contributed by atoms with van der Waals surface area (Å²) in [5.41, 5.74) is 0.700. The Balaban J connectivity index is 1.71. The fourth-order valence-corrected chi connectivity index (χ4v) is 5.60. The van der Waals surface area contributed by atoms with Crippen molar-refractivity contribution in [1.29, 1.82) is 0 Å². The van der Waals surface area contributed by atoms with Crippen LogP contribution in [0.2, 0.25) is 0 Å². The van der Waals surface area contributed by atoms with Gasteiger partial charge in [-0.3, -0.25) is 19.7 Å². The van der Waals surface area contributed by atoms with Gasteiger partial charge in [-0.2, -0.15) is 0 Å². The van der Waals surface area contributed by atoms with E-state index in [0.717, 1.165) is 5.56 Å². The summed E-state index contributed by atoms with van der Waals surface area (Å²) < 4.78 is 0.668. The lowest BCUT2D eigenvalue weighted by atomic mass is 9.76. The Kier molecular flexibility index (Phi) is 3.98. The van der Waals surface area contributed by atoms with E-state index in [4.69, 9.17) is 0 Å². The molecule has 0 unspecified atom stereocenters. The monoisotopic (exact) mass is 453 g/mol. The highest BCUT2D eigenvalue weighted by Gasteiger charge is 2.71. The van der Waals surface area contributed by atoms with Crippen molar-refractivity contribution in [3.05, 3.63) is 58.6 Å². The number of para-hydroxylation sites is 2. The Morgan fingerprint density at radius 3 is 2.41 bits per heavy atom. The van der Waals surface area contributed by atoms with Crippen molar-refractivity contribution in [2.45, 2.75) is 25.4 Å². The zero-order chi connectivity index (χ0) is 20.5. The molecular formula is C22H20BrN3O3. The molecule has 148 valence electrons. The highest BCUT2D eigenvalue weighted by Crippen LogP contribution is 2.54. The molecule has 1 spiro atoms. The maximum Gasteiger partial charge on any atom is 0.250 e. The molecule has 6 nitrogen and oxygen atoms in total. The molecule has 0 saturated carbocycles. The summed E-state index contributed by atoms with van der Waals surface area (Å²) in [5.74, 6) is -2.20. The number of rotatable bonds is 2. The van der Waals surface area contributed by atoms with E-state index in [1.165, 1.54) is 4.90 Å². The second-order valence-electron chi connectivity index (χ2n) is 8.19. The Bertz CT molecular complexity index is 1070. The van der Waals surface area contributed by atoms with Gasteiger partial charge in [-0.15, -0.1) is 0 Å². The van der Waals surface area contributed by atoms with Gasteiger partial charge >= 0.3 is 0 Å². The van der Waals surface area contributed by atoms with Crippen LogP contribution in [0.1, 0.15) is 19.4 Å². The first-order valence-electron chi connectivity index (χ1n) is 9.69. The van der Waals surface area contributed by atoms with Crippen molar-refractivity contribution in [3.8, 4) is 0 Å². The van der Waals surface area contributed by atoms with Crippen molar-refractivity contribution >= 4 is 45.0 Å². The van der Waals surface area contributed by atoms with Gasteiger partial charge in [0.05, 0.1) is 17.5 Å². The summed E-state index contributed by atoms with van der Waals surface area (Å²) in [6.07, 6.45) is 0. The number of hydrogen-bond acceptors (Lipinski definition) is 4. The number of imide groups is 1. The molecular weight excluding hydrogens is 434 g/mol. The fraction of sp³-hybridized carbons (Fsp3) is 0.318. The average molecular weight is 454 g/mol. The molecule has 7 heteroatoms. The fourth-order valence-electron chi connectivity index (χ4n) is 5.13. The average Bonchev–Trinajstić information content (AvgIpc) is 3.28. The zero-order valence-electron chi connectivity index (χ0n) is 16.0. The molecule has 3 heterocycles. The molecule has 0 aromatic heterocycles. The first-order chi connectivity index (χ1) is 13.9. The molecule has 5 rings (SSSR count). The molecule has 29 heavy (non-hydrogen) atoms. The van der Waals surface area contributed by atoms with Crippen molar-refractivity contribution in [2.24, 2.45) is 17.8 Å². The zero-order valence-corrected chi connectivity index (χ0v) is 17.6. The molecule has 0 radical (unpaired) electrons. The minimum atomic E-state index is -1.24. The highest BCUT2D eigenvalue weighted by molar-refractivity contribution is 9.10. The number of nitrogens with one attached hydrogen (secondary N) is 2. The van der Waals surface area contributed by atoms with Crippen LogP contribution in [0, 0.1) is 17.8 Å². The second-order valence-corrected chi connectivity index (χ2v) is 9.04. The predicted octanol–water partition coefficient (Wildman–Crippen LogP) is 3.03. The molecule has 4 atom stereocenters. The molecule has 2 saturated heterocycles. The van der Waals surface area contributed by atoms with Crippen molar-refractivity contribution in [1.82, 2.24) is 5.32 Å². The molecule has 3 aliphatic rings. The Morgan fingerprint density at radius 1 is 1.00 bits per heavy atom. The standard InChI is InChI=1S/C22H20BrN3O3/c1-11(2)18-16-17(20(28)26(19(16)27)15-10-6-4-8-13(15)23)22(25-18)12-7-3-5-9-14(12)24-21(22)29/h3-11,16-18,25H,1-2H3,(H,24,29)/t16-,17+,18-,22-/m0/s1. The molecule has 2 N–H and O–H groups in total. The first kappa shape index (κ1) is 18.5. The van der Waals surface area contributed by atoms with Gasteiger partial charge in [-0.05, 0) is 40.0 Å². The quantitative estimate of drug-likeness (QED) is 0.684. The van der Waals surface area contributed by atoms with E-state index in [1.54, 1.807) is 18.2 Å². The van der Waals surface area contributed by atoms with Gasteiger partial charge in [0.15, 0.2) is 0 Å². The van der Waals surface area contributed by atoms with Gasteiger partial charge in [0, 0.05) is 21.8 Å². The molecule has 0 aliphatic carbocycles. The van der Waals surface area contributed by atoms with Crippen molar-refractivity contribution < 1.29 is 14.4 Å². The second kappa shape index (κ2) is 6.24. The van der Waals surface area contributed by atoms with Gasteiger partial charge in [0.1, 0.15) is 5.54 Å². The minimum absolute atomic E-state index is 0.0679. The molecule has 2 aromatic rings. The number of amides is 3. The maximum absolute atomic E-state index is 13.7. The molecule has 0 bridgehead atoms. The van der Waals surface area contributed by atoms with Crippen LogP contribution < -0.4 is 15.5 Å². The number of halogens is 1. The minimum Gasteiger partial charge on any atom is -0.324 e. The summed E-state index contributed by atoms with van der Waals surface area (Å²) in [4.78, 5) is 41.8. The van der Waals surface area contributed by atoms with Gasteiger partial charge in [0.2, 0.25) is 17.7 Å². The van der Waals surface area contributed by atoms with E-state index in [1.807, 2.05) is 44.2 Å². The first-order valence-corrected chi connectivity index (χ1v) is 10.5. The van der Waals surface area contributed by atoms with Gasteiger partial charge < -0.3 is 5.32 Å². The third-order valence-corrected chi connectivity index (χ3v) is 7.04. The Morgan fingerprint density at radius 2 is 1.69 bits per heavy atom. The smallest absolute Gasteiger partial charge is 0.250 e. The largest absolute Gasteiger partial charge is 0.324 e. The number of anilines is 2. The number of benzene rings is 2. The summed E-state index contributed by atoms with van der Waals surface area (Å²) in [6, 6.07) is 14.3. The number of fused-ring (bicyclic) bond motifs is 4. The molecule has 2 aromatic carbocycles. The van der Waals surface area contributed by atoms with Gasteiger partial charge in [-0.25, -0.2) is 4.90 Å². The van der Waals surface area contributed by atoms with Crippen LogP contribution in [0.5, 0.6) is 0 Å². The van der Waals surface area contributed by atoms with E-state index in [0.29, 0.717) is 15.8 Å². The molecule has 2 fully saturated rings. The topological polar surface area (TPSA) is 78.5 Å². The van der Waals surface area contributed by atoms with Crippen molar-refractivity contribution in [2.75, 3.05) is 10.2 Å². The van der Waals surface area contributed by atoms with E-state index in [9.17, 15) is 14.4 Å². The van der Waals surface area contributed by atoms with Gasteiger partial charge in [-0.1, -0.05) is 44.2 Å². The summed E-state index contributed by atoms with van der Waals surface area (Å²) in [7, 11) is 0. The lowest BCUT2D eigenvalue weighted by Crippen LogP contribution is -2.54. The number of nitrogens with zero attached hydrogens (tertiary/aromatic N) is 1. The maximum atomic E-state index is 13.7. The van der Waals surface area contributed by atoms with Crippen LogP contribution in [0.3, 0.4) is 0 Å². The van der Waals surface area contributed by atoms with E-state index >= 15 is 0 Å².